The van der Waals surface area contributed by atoms with Crippen molar-refractivity contribution < 1.29 is 0 Å². The van der Waals surface area contributed by atoms with Gasteiger partial charge in [0.2, 0.25) is 0 Å². The topological polar surface area (TPSA) is 41.3 Å². The molecule has 1 atom stereocenters. The molecule has 0 aliphatic heterocycles. The lowest BCUT2D eigenvalue weighted by atomic mass is 9.92. The molecule has 0 aromatic rings. The zero-order chi connectivity index (χ0) is 11.7. The highest BCUT2D eigenvalue weighted by Gasteiger charge is 2.17. The van der Waals surface area contributed by atoms with E-state index in [1.165, 1.54) is 12.8 Å². The molecule has 0 aromatic heterocycles. The molecule has 0 amide bonds. The Balaban J connectivity index is 3.97. The van der Waals surface area contributed by atoms with Crippen LogP contribution in [0.25, 0.3) is 0 Å². The maximum atomic E-state index is 5.63. The number of nitrogens with one attached hydrogen (secondary N) is 1. The monoisotopic (exact) mass is 215 g/mol. The second-order valence-corrected chi connectivity index (χ2v) is 4.17. The number of nitrogens with two attached hydrogens (primary N) is 1. The Morgan fingerprint density at radius 3 is 1.93 bits per heavy atom. The number of hydrogen-bond donors (Lipinski definition) is 2. The van der Waals surface area contributed by atoms with E-state index in [1.54, 1.807) is 0 Å². The second kappa shape index (κ2) is 9.13. The molecule has 92 valence electrons. The SMILES string of the molecule is CCC(CC)C(CCN(CC)CC)NN. The lowest BCUT2D eigenvalue weighted by molar-refractivity contribution is 0.247. The van der Waals surface area contributed by atoms with Crippen LogP contribution in [0.3, 0.4) is 0 Å². The number of hydrogen-bond acceptors (Lipinski definition) is 3. The van der Waals surface area contributed by atoms with Crippen LogP contribution in [-0.2, 0) is 0 Å². The first-order chi connectivity index (χ1) is 7.23. The maximum absolute atomic E-state index is 5.63. The van der Waals surface area contributed by atoms with Crippen molar-refractivity contribution in [3.63, 3.8) is 0 Å². The van der Waals surface area contributed by atoms with Crippen LogP contribution in [0.2, 0.25) is 0 Å². The average Bonchev–Trinajstić information content (AvgIpc) is 2.29. The van der Waals surface area contributed by atoms with Crippen molar-refractivity contribution in [1.29, 1.82) is 0 Å². The van der Waals surface area contributed by atoms with E-state index in [4.69, 9.17) is 5.84 Å². The molecular weight excluding hydrogens is 186 g/mol. The molecule has 0 spiro atoms. The molecule has 0 bridgehead atoms. The third-order valence-corrected chi connectivity index (χ3v) is 3.48. The highest BCUT2D eigenvalue weighted by molar-refractivity contribution is 4.74. The van der Waals surface area contributed by atoms with Gasteiger partial charge in [0.15, 0.2) is 0 Å². The Morgan fingerprint density at radius 1 is 1.07 bits per heavy atom. The van der Waals surface area contributed by atoms with Gasteiger partial charge >= 0.3 is 0 Å². The second-order valence-electron chi connectivity index (χ2n) is 4.17. The Labute approximate surface area is 95.4 Å². The molecule has 0 aromatic carbocycles. The third-order valence-electron chi connectivity index (χ3n) is 3.48. The van der Waals surface area contributed by atoms with Crippen molar-refractivity contribution in [3.05, 3.63) is 0 Å². The molecule has 1 unspecified atom stereocenters. The van der Waals surface area contributed by atoms with Crippen LogP contribution in [0.4, 0.5) is 0 Å². The molecule has 0 saturated heterocycles. The lowest BCUT2D eigenvalue weighted by Crippen LogP contribution is -2.43. The molecule has 3 N–H and O–H groups in total. The maximum Gasteiger partial charge on any atom is 0.0250 e. The van der Waals surface area contributed by atoms with Crippen LogP contribution in [0.5, 0.6) is 0 Å². The van der Waals surface area contributed by atoms with Crippen LogP contribution in [-0.4, -0.2) is 30.6 Å². The third kappa shape index (κ3) is 5.50. The molecule has 0 aliphatic rings. The molecular formula is C12H29N3. The van der Waals surface area contributed by atoms with E-state index in [-0.39, 0.29) is 0 Å². The van der Waals surface area contributed by atoms with Gasteiger partial charge in [-0.15, -0.1) is 0 Å². The number of nitrogens with zero attached hydrogens (tertiary/aromatic N) is 1. The standard InChI is InChI=1S/C12H29N3/c1-5-11(6-2)12(14-13)9-10-15(7-3)8-4/h11-12,14H,5-10,13H2,1-4H3. The summed E-state index contributed by atoms with van der Waals surface area (Å²) in [5.41, 5.74) is 2.98. The largest absolute Gasteiger partial charge is 0.304 e. The summed E-state index contributed by atoms with van der Waals surface area (Å²) >= 11 is 0. The minimum atomic E-state index is 0.473. The van der Waals surface area contributed by atoms with E-state index in [2.05, 4.69) is 38.0 Å². The van der Waals surface area contributed by atoms with Gasteiger partial charge in [0.25, 0.3) is 0 Å². The van der Waals surface area contributed by atoms with E-state index >= 15 is 0 Å². The lowest BCUT2D eigenvalue weighted by Gasteiger charge is -2.27. The van der Waals surface area contributed by atoms with Crippen LogP contribution < -0.4 is 11.3 Å². The van der Waals surface area contributed by atoms with Crippen molar-refractivity contribution in [2.24, 2.45) is 11.8 Å². The molecule has 0 heterocycles. The molecule has 0 rings (SSSR count). The zero-order valence-electron chi connectivity index (χ0n) is 10.9. The van der Waals surface area contributed by atoms with Crippen molar-refractivity contribution in [3.8, 4) is 0 Å². The Bertz CT molecular complexity index is 131. The molecule has 0 saturated carbocycles. The minimum Gasteiger partial charge on any atom is -0.304 e. The first kappa shape index (κ1) is 14.9. The predicted octanol–water partition coefficient (Wildman–Crippen LogP) is 1.99. The summed E-state index contributed by atoms with van der Waals surface area (Å²) in [6.45, 7) is 12.3. The van der Waals surface area contributed by atoms with Crippen molar-refractivity contribution in [1.82, 2.24) is 10.3 Å². The van der Waals surface area contributed by atoms with E-state index in [0.717, 1.165) is 26.1 Å². The fraction of sp³-hybridized carbons (Fsp3) is 1.00. The Hall–Kier alpha value is -0.120. The van der Waals surface area contributed by atoms with E-state index in [0.29, 0.717) is 12.0 Å². The van der Waals surface area contributed by atoms with Gasteiger partial charge in [0, 0.05) is 6.04 Å². The van der Waals surface area contributed by atoms with E-state index in [1.807, 2.05) is 0 Å². The van der Waals surface area contributed by atoms with Crippen LogP contribution >= 0.6 is 0 Å². The fourth-order valence-corrected chi connectivity index (χ4v) is 2.17. The van der Waals surface area contributed by atoms with Gasteiger partial charge in [-0.1, -0.05) is 40.5 Å². The van der Waals surface area contributed by atoms with Gasteiger partial charge in [0.05, 0.1) is 0 Å². The summed E-state index contributed by atoms with van der Waals surface area (Å²) in [5, 5.41) is 0. The molecule has 0 radical (unpaired) electrons. The van der Waals surface area contributed by atoms with Crippen LogP contribution in [0.15, 0.2) is 0 Å². The summed E-state index contributed by atoms with van der Waals surface area (Å²) in [6.07, 6.45) is 3.58. The number of rotatable bonds is 9. The number of hydrazine groups is 1. The zero-order valence-corrected chi connectivity index (χ0v) is 10.9. The van der Waals surface area contributed by atoms with Crippen LogP contribution in [0, 0.1) is 5.92 Å². The van der Waals surface area contributed by atoms with Crippen molar-refractivity contribution in [2.75, 3.05) is 19.6 Å². The van der Waals surface area contributed by atoms with Gasteiger partial charge < -0.3 is 4.90 Å². The van der Waals surface area contributed by atoms with Crippen molar-refractivity contribution in [2.45, 2.75) is 53.0 Å². The highest BCUT2D eigenvalue weighted by Crippen LogP contribution is 2.15. The first-order valence-electron chi connectivity index (χ1n) is 6.41. The molecule has 3 nitrogen and oxygen atoms in total. The predicted molar refractivity (Wildman–Crippen MR) is 67.6 cm³/mol. The van der Waals surface area contributed by atoms with E-state index in [9.17, 15) is 0 Å². The Kier molecular flexibility index (Phi) is 9.06. The van der Waals surface area contributed by atoms with Gasteiger partial charge in [-0.2, -0.15) is 0 Å². The quantitative estimate of drug-likeness (QED) is 0.456. The summed E-state index contributed by atoms with van der Waals surface area (Å²) in [7, 11) is 0. The van der Waals surface area contributed by atoms with E-state index < -0.39 is 0 Å². The molecule has 0 fully saturated rings. The molecule has 15 heavy (non-hydrogen) atoms. The first-order valence-corrected chi connectivity index (χ1v) is 6.41. The van der Waals surface area contributed by atoms with Gasteiger partial charge in [-0.3, -0.25) is 11.3 Å². The molecule has 3 heteroatoms. The van der Waals surface area contributed by atoms with Crippen LogP contribution in [0.1, 0.15) is 47.0 Å². The summed E-state index contributed by atoms with van der Waals surface area (Å²) in [4.78, 5) is 2.45. The van der Waals surface area contributed by atoms with Gasteiger partial charge in [-0.05, 0) is 32.0 Å². The van der Waals surface area contributed by atoms with Gasteiger partial charge in [0.1, 0.15) is 0 Å². The molecule has 0 aliphatic carbocycles. The Morgan fingerprint density at radius 2 is 1.60 bits per heavy atom. The fourth-order valence-electron chi connectivity index (χ4n) is 2.17. The normalized spacial score (nSPS) is 13.8. The summed E-state index contributed by atoms with van der Waals surface area (Å²) in [6, 6.07) is 0.473. The van der Waals surface area contributed by atoms with Gasteiger partial charge in [-0.25, -0.2) is 0 Å². The highest BCUT2D eigenvalue weighted by atomic mass is 15.2. The summed E-state index contributed by atoms with van der Waals surface area (Å²) in [5.74, 6) is 6.34. The smallest absolute Gasteiger partial charge is 0.0250 e. The summed E-state index contributed by atoms with van der Waals surface area (Å²) < 4.78 is 0. The van der Waals surface area contributed by atoms with Crippen molar-refractivity contribution >= 4 is 0 Å². The average molecular weight is 215 g/mol. The minimum absolute atomic E-state index is 0.473.